The molecule has 0 aliphatic carbocycles. The van der Waals surface area contributed by atoms with Crippen molar-refractivity contribution in [3.05, 3.63) is 29.6 Å². The Morgan fingerprint density at radius 2 is 2.17 bits per heavy atom. The van der Waals surface area contributed by atoms with E-state index in [1.54, 1.807) is 6.07 Å². The molecule has 3 nitrogen and oxygen atoms in total. The summed E-state index contributed by atoms with van der Waals surface area (Å²) < 4.78 is 18.9. The lowest BCUT2D eigenvalue weighted by Gasteiger charge is -2.25. The minimum atomic E-state index is -0.382. The number of hydrogen-bond acceptors (Lipinski definition) is 2. The number of ether oxygens (including phenoxy) is 1. The van der Waals surface area contributed by atoms with Gasteiger partial charge in [-0.2, -0.15) is 0 Å². The van der Waals surface area contributed by atoms with Crippen LogP contribution in [0.1, 0.15) is 26.3 Å². The smallest absolute Gasteiger partial charge is 0.287 e. The number of carbonyl (C=O) groups is 1. The first-order chi connectivity index (χ1) is 8.36. The third-order valence-electron chi connectivity index (χ3n) is 2.68. The van der Waals surface area contributed by atoms with Crippen molar-refractivity contribution in [1.29, 1.82) is 0 Å². The molecule has 0 heterocycles. The van der Waals surface area contributed by atoms with Gasteiger partial charge in [0.25, 0.3) is 4.82 Å². The molecule has 0 atom stereocenters. The molecule has 1 N–H and O–H groups in total. The van der Waals surface area contributed by atoms with Crippen molar-refractivity contribution in [1.82, 2.24) is 5.32 Å². The maximum absolute atomic E-state index is 13.7. The van der Waals surface area contributed by atoms with Crippen molar-refractivity contribution in [2.45, 2.75) is 26.2 Å². The van der Waals surface area contributed by atoms with Gasteiger partial charge in [0.15, 0.2) is 11.6 Å². The van der Waals surface area contributed by atoms with E-state index in [-0.39, 0.29) is 21.8 Å². The first kappa shape index (κ1) is 15.0. The average Bonchev–Trinajstić information content (AvgIpc) is 2.29. The molecular weight excluding hydrogens is 301 g/mol. The Hall–Kier alpha value is -1.10. The Labute approximate surface area is 115 Å². The molecule has 1 aromatic rings. The lowest BCUT2D eigenvalue weighted by molar-refractivity contribution is 0.259. The molecule has 1 amide bonds. The van der Waals surface area contributed by atoms with Crippen LogP contribution >= 0.6 is 15.9 Å². The van der Waals surface area contributed by atoms with Crippen LogP contribution in [0.2, 0.25) is 0 Å². The van der Waals surface area contributed by atoms with E-state index >= 15 is 0 Å². The molecule has 100 valence electrons. The molecule has 18 heavy (non-hydrogen) atoms. The Kier molecular flexibility index (Phi) is 5.14. The zero-order valence-corrected chi connectivity index (χ0v) is 12.3. The number of rotatable bonds is 5. The van der Waals surface area contributed by atoms with Gasteiger partial charge in [-0.15, -0.1) is 0 Å². The summed E-state index contributed by atoms with van der Waals surface area (Å²) in [5.74, 6) is -0.130. The first-order valence-corrected chi connectivity index (χ1v) is 6.52. The first-order valence-electron chi connectivity index (χ1n) is 5.73. The van der Waals surface area contributed by atoms with E-state index in [1.165, 1.54) is 6.07 Å². The van der Waals surface area contributed by atoms with Crippen molar-refractivity contribution < 1.29 is 13.9 Å². The van der Waals surface area contributed by atoms with Crippen molar-refractivity contribution in [3.8, 4) is 5.75 Å². The highest BCUT2D eigenvalue weighted by molar-refractivity contribution is 9.18. The minimum absolute atomic E-state index is 0.251. The summed E-state index contributed by atoms with van der Waals surface area (Å²) in [6, 6.07) is 4.88. The van der Waals surface area contributed by atoms with Crippen LogP contribution < -0.4 is 10.1 Å². The van der Waals surface area contributed by atoms with Crippen molar-refractivity contribution >= 4 is 20.7 Å². The number of benzene rings is 1. The van der Waals surface area contributed by atoms with E-state index in [0.717, 1.165) is 5.56 Å². The Bertz CT molecular complexity index is 435. The highest BCUT2D eigenvalue weighted by Crippen LogP contribution is 2.27. The Balaban J connectivity index is 2.88. The summed E-state index contributed by atoms with van der Waals surface area (Å²) in [7, 11) is 0. The molecule has 0 aliphatic rings. The number of nitrogens with one attached hydrogen (secondary N) is 1. The largest absolute Gasteiger partial charge is 0.491 e. The zero-order valence-electron chi connectivity index (χ0n) is 10.7. The van der Waals surface area contributed by atoms with E-state index in [0.29, 0.717) is 13.2 Å². The third kappa shape index (κ3) is 3.98. The number of halogens is 2. The second-order valence-corrected chi connectivity index (χ2v) is 5.31. The molecule has 1 aromatic carbocycles. The van der Waals surface area contributed by atoms with Crippen LogP contribution in [-0.2, 0) is 5.41 Å². The second kappa shape index (κ2) is 6.18. The van der Waals surface area contributed by atoms with Crippen LogP contribution in [-0.4, -0.2) is 18.0 Å². The van der Waals surface area contributed by atoms with Gasteiger partial charge in [0.05, 0.1) is 6.61 Å². The van der Waals surface area contributed by atoms with Gasteiger partial charge in [0.2, 0.25) is 0 Å². The van der Waals surface area contributed by atoms with E-state index < -0.39 is 0 Å². The van der Waals surface area contributed by atoms with E-state index in [4.69, 9.17) is 4.74 Å². The molecule has 5 heteroatoms. The van der Waals surface area contributed by atoms with E-state index in [1.807, 2.05) is 26.8 Å². The van der Waals surface area contributed by atoms with E-state index in [9.17, 15) is 9.18 Å². The second-order valence-electron chi connectivity index (χ2n) is 4.59. The summed E-state index contributed by atoms with van der Waals surface area (Å²) >= 11 is 2.80. The summed E-state index contributed by atoms with van der Waals surface area (Å²) in [6.45, 7) is 6.53. The predicted octanol–water partition coefficient (Wildman–Crippen LogP) is 3.61. The van der Waals surface area contributed by atoms with Gasteiger partial charge < -0.3 is 10.1 Å². The maximum atomic E-state index is 13.7. The average molecular weight is 318 g/mol. The number of hydrogen-bond donors (Lipinski definition) is 1. The van der Waals surface area contributed by atoms with Gasteiger partial charge >= 0.3 is 0 Å². The van der Waals surface area contributed by atoms with Gasteiger partial charge in [-0.25, -0.2) is 4.39 Å². The molecular formula is C13H17BrFNO2. The lowest BCUT2D eigenvalue weighted by Crippen LogP contribution is -2.34. The molecule has 0 radical (unpaired) electrons. The van der Waals surface area contributed by atoms with Crippen molar-refractivity contribution in [2.75, 3.05) is 13.2 Å². The van der Waals surface area contributed by atoms with Crippen LogP contribution in [0.5, 0.6) is 5.75 Å². The molecule has 0 bridgehead atoms. The fourth-order valence-corrected chi connectivity index (χ4v) is 1.73. The highest BCUT2D eigenvalue weighted by atomic mass is 79.9. The fraction of sp³-hybridized carbons (Fsp3) is 0.462. The topological polar surface area (TPSA) is 38.3 Å². The fourth-order valence-electron chi connectivity index (χ4n) is 1.59. The SMILES string of the molecule is CCOc1ccc(C(C)(C)CNC(=O)Br)cc1F. The molecule has 0 aliphatic heterocycles. The molecule has 0 unspecified atom stereocenters. The summed E-state index contributed by atoms with van der Waals surface area (Å²) in [5, 5.41) is 2.67. The van der Waals surface area contributed by atoms with Gasteiger partial charge in [-0.3, -0.25) is 4.79 Å². The normalized spacial score (nSPS) is 11.2. The van der Waals surface area contributed by atoms with Gasteiger partial charge in [0, 0.05) is 27.9 Å². The zero-order chi connectivity index (χ0) is 13.8. The Morgan fingerprint density at radius 3 is 2.67 bits per heavy atom. The quantitative estimate of drug-likeness (QED) is 0.665. The van der Waals surface area contributed by atoms with Crippen LogP contribution in [0.3, 0.4) is 0 Å². The molecule has 0 spiro atoms. The predicted molar refractivity (Wildman–Crippen MR) is 72.9 cm³/mol. The van der Waals surface area contributed by atoms with Crippen molar-refractivity contribution in [2.24, 2.45) is 0 Å². The van der Waals surface area contributed by atoms with Crippen LogP contribution in [0.25, 0.3) is 0 Å². The van der Waals surface area contributed by atoms with E-state index in [2.05, 4.69) is 21.2 Å². The summed E-state index contributed by atoms with van der Waals surface area (Å²) in [6.07, 6.45) is 0. The number of carbonyl (C=O) groups excluding carboxylic acids is 1. The van der Waals surface area contributed by atoms with Gasteiger partial charge in [0.1, 0.15) is 0 Å². The Morgan fingerprint density at radius 1 is 1.50 bits per heavy atom. The lowest BCUT2D eigenvalue weighted by atomic mass is 9.84. The van der Waals surface area contributed by atoms with Crippen molar-refractivity contribution in [3.63, 3.8) is 0 Å². The minimum Gasteiger partial charge on any atom is -0.491 e. The van der Waals surface area contributed by atoms with Gasteiger partial charge in [-0.1, -0.05) is 19.9 Å². The summed E-state index contributed by atoms with van der Waals surface area (Å²) in [4.78, 5) is 10.6. The summed E-state index contributed by atoms with van der Waals surface area (Å²) in [5.41, 5.74) is 0.458. The van der Waals surface area contributed by atoms with Crippen LogP contribution in [0.15, 0.2) is 18.2 Å². The molecule has 0 saturated heterocycles. The highest BCUT2D eigenvalue weighted by Gasteiger charge is 2.22. The number of amides is 1. The molecule has 0 fully saturated rings. The maximum Gasteiger partial charge on any atom is 0.287 e. The monoisotopic (exact) mass is 317 g/mol. The molecule has 1 rings (SSSR count). The van der Waals surface area contributed by atoms with Crippen LogP contribution in [0.4, 0.5) is 9.18 Å². The third-order valence-corrected chi connectivity index (χ3v) is 2.96. The molecule has 0 saturated carbocycles. The molecule has 0 aromatic heterocycles. The standard InChI is InChI=1S/C13H17BrFNO2/c1-4-18-11-6-5-9(7-10(11)15)13(2,3)8-16-12(14)17/h5-7H,4,8H2,1-3H3,(H,16,17). The van der Waals surface area contributed by atoms with Crippen LogP contribution in [0, 0.1) is 5.82 Å². The van der Waals surface area contributed by atoms with Gasteiger partial charge in [-0.05, 0) is 24.6 Å².